The van der Waals surface area contributed by atoms with Gasteiger partial charge in [0.1, 0.15) is 11.4 Å². The van der Waals surface area contributed by atoms with Crippen LogP contribution in [0.15, 0.2) is 22.7 Å². The Balaban J connectivity index is 1.95. The molecule has 2 aliphatic heterocycles. The first kappa shape index (κ1) is 12.7. The van der Waals surface area contributed by atoms with Crippen LogP contribution in [-0.2, 0) is 4.79 Å². The number of ketones is 1. The predicted molar refractivity (Wildman–Crippen MR) is 73.3 cm³/mol. The standard InChI is InChI=1S/C14H14BrNO3/c15-9-1-2-10-11(17)8-14(19-12(10)7-9)4-3-13(18)16-6-5-14/h1-2,7H,3-6,8H2,(H,16,18). The molecule has 0 bridgehead atoms. The van der Waals surface area contributed by atoms with Gasteiger partial charge in [-0.1, -0.05) is 15.9 Å². The van der Waals surface area contributed by atoms with Gasteiger partial charge in [-0.15, -0.1) is 0 Å². The number of hydrogen-bond donors (Lipinski definition) is 1. The highest BCUT2D eigenvalue weighted by Crippen LogP contribution is 2.39. The fraction of sp³-hybridized carbons (Fsp3) is 0.429. The molecule has 1 aromatic carbocycles. The van der Waals surface area contributed by atoms with Crippen LogP contribution in [0.2, 0.25) is 0 Å². The zero-order valence-electron chi connectivity index (χ0n) is 10.4. The highest BCUT2D eigenvalue weighted by molar-refractivity contribution is 9.10. The van der Waals surface area contributed by atoms with E-state index in [9.17, 15) is 9.59 Å². The zero-order chi connectivity index (χ0) is 13.5. The van der Waals surface area contributed by atoms with Crippen LogP contribution in [-0.4, -0.2) is 23.8 Å². The van der Waals surface area contributed by atoms with Crippen molar-refractivity contribution in [2.75, 3.05) is 6.54 Å². The van der Waals surface area contributed by atoms with E-state index in [-0.39, 0.29) is 11.7 Å². The van der Waals surface area contributed by atoms with Crippen LogP contribution in [0.1, 0.15) is 36.0 Å². The maximum Gasteiger partial charge on any atom is 0.220 e. The molecule has 3 rings (SSSR count). The molecule has 1 spiro atoms. The minimum Gasteiger partial charge on any atom is -0.486 e. The van der Waals surface area contributed by atoms with E-state index in [4.69, 9.17) is 4.74 Å². The lowest BCUT2D eigenvalue weighted by Crippen LogP contribution is -2.42. The topological polar surface area (TPSA) is 55.4 Å². The van der Waals surface area contributed by atoms with Gasteiger partial charge in [-0.2, -0.15) is 0 Å². The molecule has 1 atom stereocenters. The van der Waals surface area contributed by atoms with E-state index in [1.807, 2.05) is 12.1 Å². The lowest BCUT2D eigenvalue weighted by atomic mass is 9.84. The molecule has 0 aromatic heterocycles. The Morgan fingerprint density at radius 2 is 2.11 bits per heavy atom. The van der Waals surface area contributed by atoms with Gasteiger partial charge in [-0.3, -0.25) is 9.59 Å². The van der Waals surface area contributed by atoms with Gasteiger partial charge in [-0.05, 0) is 24.6 Å². The molecule has 1 fully saturated rings. The molecule has 1 unspecified atom stereocenters. The summed E-state index contributed by atoms with van der Waals surface area (Å²) in [5.41, 5.74) is 0.113. The Morgan fingerprint density at radius 1 is 1.26 bits per heavy atom. The minimum absolute atomic E-state index is 0.0352. The van der Waals surface area contributed by atoms with Crippen molar-refractivity contribution in [3.8, 4) is 5.75 Å². The largest absolute Gasteiger partial charge is 0.486 e. The van der Waals surface area contributed by atoms with Crippen LogP contribution in [0.5, 0.6) is 5.75 Å². The van der Waals surface area contributed by atoms with Crippen molar-refractivity contribution in [2.24, 2.45) is 0 Å². The number of carbonyl (C=O) groups is 2. The van der Waals surface area contributed by atoms with Gasteiger partial charge in [0.15, 0.2) is 5.78 Å². The first-order valence-electron chi connectivity index (χ1n) is 6.36. The highest BCUT2D eigenvalue weighted by atomic mass is 79.9. The van der Waals surface area contributed by atoms with Crippen molar-refractivity contribution in [1.29, 1.82) is 0 Å². The Kier molecular flexibility index (Phi) is 3.09. The van der Waals surface area contributed by atoms with E-state index < -0.39 is 5.60 Å². The van der Waals surface area contributed by atoms with E-state index in [0.29, 0.717) is 43.5 Å². The molecule has 100 valence electrons. The molecule has 1 N–H and O–H groups in total. The number of rotatable bonds is 0. The van der Waals surface area contributed by atoms with E-state index in [1.165, 1.54) is 0 Å². The third-order valence-corrected chi connectivity index (χ3v) is 4.26. The number of Topliss-reactive ketones (excluding diaryl/α,β-unsaturated/α-hetero) is 1. The predicted octanol–water partition coefficient (Wildman–Crippen LogP) is 2.45. The number of amides is 1. The molecule has 1 aromatic rings. The smallest absolute Gasteiger partial charge is 0.220 e. The van der Waals surface area contributed by atoms with Crippen molar-refractivity contribution in [3.63, 3.8) is 0 Å². The molecule has 0 saturated carbocycles. The van der Waals surface area contributed by atoms with Crippen molar-refractivity contribution < 1.29 is 14.3 Å². The number of benzene rings is 1. The summed E-state index contributed by atoms with van der Waals surface area (Å²) in [7, 11) is 0. The molecule has 0 aliphatic carbocycles. The molecule has 4 nitrogen and oxygen atoms in total. The van der Waals surface area contributed by atoms with Crippen molar-refractivity contribution in [1.82, 2.24) is 5.32 Å². The molecule has 0 radical (unpaired) electrons. The van der Waals surface area contributed by atoms with Crippen LogP contribution < -0.4 is 10.1 Å². The Bertz CT molecular complexity index is 558. The summed E-state index contributed by atoms with van der Waals surface area (Å²) in [6, 6.07) is 5.46. The van der Waals surface area contributed by atoms with Gasteiger partial charge in [-0.25, -0.2) is 0 Å². The first-order valence-corrected chi connectivity index (χ1v) is 7.16. The van der Waals surface area contributed by atoms with Gasteiger partial charge in [0, 0.05) is 23.9 Å². The zero-order valence-corrected chi connectivity index (χ0v) is 12.0. The fourth-order valence-corrected chi connectivity index (χ4v) is 3.07. The van der Waals surface area contributed by atoms with Crippen LogP contribution >= 0.6 is 15.9 Å². The van der Waals surface area contributed by atoms with Crippen molar-refractivity contribution >= 4 is 27.6 Å². The van der Waals surface area contributed by atoms with E-state index >= 15 is 0 Å². The van der Waals surface area contributed by atoms with E-state index in [0.717, 1.165) is 4.47 Å². The van der Waals surface area contributed by atoms with Crippen molar-refractivity contribution in [2.45, 2.75) is 31.3 Å². The summed E-state index contributed by atoms with van der Waals surface area (Å²) in [5, 5.41) is 2.83. The Labute approximate surface area is 119 Å². The number of fused-ring (bicyclic) bond motifs is 1. The van der Waals surface area contributed by atoms with E-state index in [2.05, 4.69) is 21.2 Å². The summed E-state index contributed by atoms with van der Waals surface area (Å²) in [5.74, 6) is 0.760. The maximum atomic E-state index is 12.3. The second kappa shape index (κ2) is 4.63. The van der Waals surface area contributed by atoms with E-state index in [1.54, 1.807) is 6.07 Å². The normalized spacial score (nSPS) is 26.4. The summed E-state index contributed by atoms with van der Waals surface area (Å²) >= 11 is 3.39. The number of carbonyl (C=O) groups excluding carboxylic acids is 2. The van der Waals surface area contributed by atoms with Gasteiger partial charge >= 0.3 is 0 Å². The van der Waals surface area contributed by atoms with Gasteiger partial charge in [0.25, 0.3) is 0 Å². The third-order valence-electron chi connectivity index (χ3n) is 3.76. The summed E-state index contributed by atoms with van der Waals surface area (Å²) < 4.78 is 6.98. The second-order valence-electron chi connectivity index (χ2n) is 5.13. The molecular weight excluding hydrogens is 310 g/mol. The lowest BCUT2D eigenvalue weighted by molar-refractivity contribution is -0.121. The molecule has 2 heterocycles. The van der Waals surface area contributed by atoms with Gasteiger partial charge in [0.05, 0.1) is 12.0 Å². The van der Waals surface area contributed by atoms with Crippen LogP contribution in [0, 0.1) is 0 Å². The lowest BCUT2D eigenvalue weighted by Gasteiger charge is -2.37. The first-order chi connectivity index (χ1) is 9.08. The van der Waals surface area contributed by atoms with Crippen LogP contribution in [0.3, 0.4) is 0 Å². The fourth-order valence-electron chi connectivity index (χ4n) is 2.73. The molecular formula is C14H14BrNO3. The Hall–Kier alpha value is -1.36. The number of nitrogens with one attached hydrogen (secondary N) is 1. The molecule has 1 saturated heterocycles. The average Bonchev–Trinajstić information content (AvgIpc) is 2.52. The van der Waals surface area contributed by atoms with Gasteiger partial charge in [0.2, 0.25) is 5.91 Å². The second-order valence-corrected chi connectivity index (χ2v) is 6.04. The molecule has 19 heavy (non-hydrogen) atoms. The highest BCUT2D eigenvalue weighted by Gasteiger charge is 2.41. The minimum atomic E-state index is -0.524. The van der Waals surface area contributed by atoms with Crippen LogP contribution in [0.25, 0.3) is 0 Å². The Morgan fingerprint density at radius 3 is 2.95 bits per heavy atom. The maximum absolute atomic E-state index is 12.3. The monoisotopic (exact) mass is 323 g/mol. The molecule has 1 amide bonds. The average molecular weight is 324 g/mol. The number of halogens is 1. The summed E-state index contributed by atoms with van der Waals surface area (Å²) in [6.45, 7) is 0.565. The summed E-state index contributed by atoms with van der Waals surface area (Å²) in [4.78, 5) is 23.7. The molecule has 5 heteroatoms. The number of ether oxygens (including phenoxy) is 1. The molecule has 2 aliphatic rings. The SMILES string of the molecule is O=C1CCC2(CCN1)CC(=O)c1ccc(Br)cc1O2. The third kappa shape index (κ3) is 2.39. The van der Waals surface area contributed by atoms with Crippen LogP contribution in [0.4, 0.5) is 0 Å². The number of hydrogen-bond acceptors (Lipinski definition) is 3. The summed E-state index contributed by atoms with van der Waals surface area (Å²) in [6.07, 6.45) is 2.04. The van der Waals surface area contributed by atoms with Crippen molar-refractivity contribution in [3.05, 3.63) is 28.2 Å². The quantitative estimate of drug-likeness (QED) is 0.797. The van der Waals surface area contributed by atoms with Gasteiger partial charge < -0.3 is 10.1 Å².